The summed E-state index contributed by atoms with van der Waals surface area (Å²) in [5.41, 5.74) is 6.78. The lowest BCUT2D eigenvalue weighted by molar-refractivity contribution is -0.123. The minimum Gasteiger partial charge on any atom is -0.399 e. The van der Waals surface area contributed by atoms with Gasteiger partial charge >= 0.3 is 0 Å². The topological polar surface area (TPSA) is 64.3 Å². The second kappa shape index (κ2) is 5.38. The first-order chi connectivity index (χ1) is 8.16. The van der Waals surface area contributed by atoms with Crippen molar-refractivity contribution >= 4 is 28.9 Å². The fraction of sp³-hybridized carbons (Fsp3) is 0.417. The van der Waals surface area contributed by atoms with Crippen molar-refractivity contribution in [2.45, 2.75) is 12.8 Å². The number of rotatable bonds is 2. The number of ether oxygens (including phenoxy) is 1. The van der Waals surface area contributed by atoms with Crippen LogP contribution >= 0.6 is 11.6 Å². The molecule has 0 aromatic heterocycles. The Morgan fingerprint density at radius 2 is 2.35 bits per heavy atom. The molecule has 2 rings (SSSR count). The largest absolute Gasteiger partial charge is 0.399 e. The van der Waals surface area contributed by atoms with Gasteiger partial charge < -0.3 is 15.8 Å². The van der Waals surface area contributed by atoms with Gasteiger partial charge in [-0.05, 0) is 31.0 Å². The van der Waals surface area contributed by atoms with E-state index in [2.05, 4.69) is 5.32 Å². The van der Waals surface area contributed by atoms with Gasteiger partial charge in [-0.15, -0.1) is 0 Å². The first kappa shape index (κ1) is 12.2. The van der Waals surface area contributed by atoms with Crippen LogP contribution in [0.1, 0.15) is 12.8 Å². The van der Waals surface area contributed by atoms with Crippen LogP contribution in [0, 0.1) is 5.92 Å². The Morgan fingerprint density at radius 1 is 1.53 bits per heavy atom. The lowest BCUT2D eigenvalue weighted by Crippen LogP contribution is -2.30. The molecule has 1 fully saturated rings. The highest BCUT2D eigenvalue weighted by atomic mass is 35.5. The molecule has 1 saturated heterocycles. The number of hydrogen-bond donors (Lipinski definition) is 2. The van der Waals surface area contributed by atoms with Gasteiger partial charge in [-0.1, -0.05) is 11.6 Å². The molecule has 0 spiro atoms. The predicted molar refractivity (Wildman–Crippen MR) is 68.0 cm³/mol. The zero-order valence-electron chi connectivity index (χ0n) is 9.41. The first-order valence-electron chi connectivity index (χ1n) is 5.60. The number of nitrogens with one attached hydrogen (secondary N) is 1. The van der Waals surface area contributed by atoms with Gasteiger partial charge in [0.05, 0.1) is 23.2 Å². The number of benzene rings is 1. The fourth-order valence-electron chi connectivity index (χ4n) is 1.82. The third-order valence-corrected chi connectivity index (χ3v) is 3.11. The smallest absolute Gasteiger partial charge is 0.229 e. The normalized spacial score (nSPS) is 19.9. The molecule has 1 heterocycles. The quantitative estimate of drug-likeness (QED) is 0.796. The van der Waals surface area contributed by atoms with Gasteiger partial charge in [0, 0.05) is 12.3 Å². The van der Waals surface area contributed by atoms with Crippen LogP contribution < -0.4 is 11.1 Å². The lowest BCUT2D eigenvalue weighted by atomic mass is 10.0. The van der Waals surface area contributed by atoms with Crippen molar-refractivity contribution in [3.63, 3.8) is 0 Å². The molecule has 1 amide bonds. The maximum Gasteiger partial charge on any atom is 0.229 e. The third-order valence-electron chi connectivity index (χ3n) is 2.78. The monoisotopic (exact) mass is 254 g/mol. The Kier molecular flexibility index (Phi) is 3.86. The molecule has 1 aliphatic rings. The Balaban J connectivity index is 2.04. The fourth-order valence-corrected chi connectivity index (χ4v) is 1.99. The van der Waals surface area contributed by atoms with Gasteiger partial charge in [0.1, 0.15) is 0 Å². The summed E-state index contributed by atoms with van der Waals surface area (Å²) in [4.78, 5) is 11.9. The minimum atomic E-state index is -0.0961. The first-order valence-corrected chi connectivity index (χ1v) is 5.98. The van der Waals surface area contributed by atoms with Crippen molar-refractivity contribution in [2.75, 3.05) is 24.3 Å². The van der Waals surface area contributed by atoms with Crippen LogP contribution in [0.15, 0.2) is 18.2 Å². The molecule has 1 aliphatic heterocycles. The second-order valence-electron chi connectivity index (χ2n) is 4.14. The van der Waals surface area contributed by atoms with E-state index in [4.69, 9.17) is 22.1 Å². The number of halogens is 1. The molecule has 0 bridgehead atoms. The summed E-state index contributed by atoms with van der Waals surface area (Å²) in [6.45, 7) is 1.22. The summed E-state index contributed by atoms with van der Waals surface area (Å²) in [6, 6.07) is 5.02. The van der Waals surface area contributed by atoms with E-state index >= 15 is 0 Å². The molecule has 5 heteroatoms. The zero-order chi connectivity index (χ0) is 12.3. The number of carbonyl (C=O) groups is 1. The van der Waals surface area contributed by atoms with Crippen LogP contribution in [-0.2, 0) is 9.53 Å². The van der Waals surface area contributed by atoms with Crippen molar-refractivity contribution in [1.29, 1.82) is 0 Å². The average Bonchev–Trinajstić information content (AvgIpc) is 2.35. The van der Waals surface area contributed by atoms with Gasteiger partial charge in [0.15, 0.2) is 0 Å². The molecule has 92 valence electrons. The van der Waals surface area contributed by atoms with E-state index in [1.54, 1.807) is 18.2 Å². The van der Waals surface area contributed by atoms with Gasteiger partial charge in [-0.3, -0.25) is 4.79 Å². The van der Waals surface area contributed by atoms with E-state index < -0.39 is 0 Å². The van der Waals surface area contributed by atoms with Gasteiger partial charge in [0.25, 0.3) is 0 Å². The van der Waals surface area contributed by atoms with Crippen LogP contribution in [-0.4, -0.2) is 19.1 Å². The number of carbonyl (C=O) groups excluding carboxylic acids is 1. The SMILES string of the molecule is Nc1ccc(Cl)c(NC(=O)C2CCCOC2)c1. The van der Waals surface area contributed by atoms with E-state index in [1.807, 2.05) is 0 Å². The van der Waals surface area contributed by atoms with Gasteiger partial charge in [-0.2, -0.15) is 0 Å². The standard InChI is InChI=1S/C12H15ClN2O2/c13-10-4-3-9(14)6-11(10)15-12(16)8-2-1-5-17-7-8/h3-4,6,8H,1-2,5,7,14H2,(H,15,16). The summed E-state index contributed by atoms with van der Waals surface area (Å²) in [5.74, 6) is -0.154. The van der Waals surface area contributed by atoms with E-state index in [-0.39, 0.29) is 11.8 Å². The van der Waals surface area contributed by atoms with Gasteiger partial charge in [0.2, 0.25) is 5.91 Å². The highest BCUT2D eigenvalue weighted by Crippen LogP contribution is 2.25. The number of nitrogens with two attached hydrogens (primary N) is 1. The molecular weight excluding hydrogens is 240 g/mol. The molecule has 0 aliphatic carbocycles. The predicted octanol–water partition coefficient (Wildman–Crippen LogP) is 2.29. The summed E-state index contributed by atoms with van der Waals surface area (Å²) in [5, 5.41) is 3.28. The molecule has 4 nitrogen and oxygen atoms in total. The molecule has 1 aromatic carbocycles. The molecule has 1 atom stereocenters. The molecule has 1 aromatic rings. The maximum atomic E-state index is 11.9. The molecule has 1 unspecified atom stereocenters. The number of nitrogen functional groups attached to an aromatic ring is 1. The van der Waals surface area contributed by atoms with E-state index in [9.17, 15) is 4.79 Å². The average molecular weight is 255 g/mol. The highest BCUT2D eigenvalue weighted by Gasteiger charge is 2.22. The van der Waals surface area contributed by atoms with E-state index in [0.29, 0.717) is 23.0 Å². The van der Waals surface area contributed by atoms with Crippen molar-refractivity contribution in [3.8, 4) is 0 Å². The zero-order valence-corrected chi connectivity index (χ0v) is 10.2. The number of hydrogen-bond acceptors (Lipinski definition) is 3. The van der Waals surface area contributed by atoms with Crippen LogP contribution in [0.25, 0.3) is 0 Å². The number of amides is 1. The van der Waals surface area contributed by atoms with Crippen LogP contribution in [0.4, 0.5) is 11.4 Å². The summed E-state index contributed by atoms with van der Waals surface area (Å²) >= 11 is 5.98. The molecule has 3 N–H and O–H groups in total. The second-order valence-corrected chi connectivity index (χ2v) is 4.55. The maximum absolute atomic E-state index is 11.9. The molecule has 17 heavy (non-hydrogen) atoms. The summed E-state index contributed by atoms with van der Waals surface area (Å²) in [6.07, 6.45) is 1.77. The molecule has 0 radical (unpaired) electrons. The Morgan fingerprint density at radius 3 is 3.06 bits per heavy atom. The van der Waals surface area contributed by atoms with Crippen LogP contribution in [0.5, 0.6) is 0 Å². The van der Waals surface area contributed by atoms with Crippen molar-refractivity contribution in [3.05, 3.63) is 23.2 Å². The summed E-state index contributed by atoms with van der Waals surface area (Å²) < 4.78 is 5.28. The Labute approximate surface area is 105 Å². The third kappa shape index (κ3) is 3.11. The van der Waals surface area contributed by atoms with E-state index in [1.165, 1.54) is 0 Å². The molecule has 0 saturated carbocycles. The van der Waals surface area contributed by atoms with Gasteiger partial charge in [-0.25, -0.2) is 0 Å². The lowest BCUT2D eigenvalue weighted by Gasteiger charge is -2.21. The van der Waals surface area contributed by atoms with E-state index in [0.717, 1.165) is 19.4 Å². The van der Waals surface area contributed by atoms with Crippen LogP contribution in [0.2, 0.25) is 5.02 Å². The van der Waals surface area contributed by atoms with Crippen molar-refractivity contribution in [2.24, 2.45) is 5.92 Å². The summed E-state index contributed by atoms with van der Waals surface area (Å²) in [7, 11) is 0. The Hall–Kier alpha value is -1.26. The number of anilines is 2. The van der Waals surface area contributed by atoms with Crippen LogP contribution in [0.3, 0.4) is 0 Å². The Bertz CT molecular complexity index is 417. The highest BCUT2D eigenvalue weighted by molar-refractivity contribution is 6.33. The van der Waals surface area contributed by atoms with Crippen molar-refractivity contribution < 1.29 is 9.53 Å². The minimum absolute atomic E-state index is 0.0581. The molecular formula is C12H15ClN2O2. The van der Waals surface area contributed by atoms with Crippen molar-refractivity contribution in [1.82, 2.24) is 0 Å².